The third-order valence-corrected chi connectivity index (χ3v) is 4.09. The zero-order valence-electron chi connectivity index (χ0n) is 15.6. The minimum Gasteiger partial charge on any atom is -0.488 e. The van der Waals surface area contributed by atoms with Gasteiger partial charge in [-0.25, -0.2) is 0 Å². The lowest BCUT2D eigenvalue weighted by molar-refractivity contribution is 0.132. The summed E-state index contributed by atoms with van der Waals surface area (Å²) in [6.07, 6.45) is 2.69. The van der Waals surface area contributed by atoms with E-state index in [1.54, 1.807) is 13.2 Å². The third kappa shape index (κ3) is 4.65. The lowest BCUT2D eigenvalue weighted by Gasteiger charge is -2.18. The first-order valence-corrected chi connectivity index (χ1v) is 8.85. The van der Waals surface area contributed by atoms with Gasteiger partial charge in [0.15, 0.2) is 17.5 Å². The second-order valence-corrected chi connectivity index (χ2v) is 6.81. The summed E-state index contributed by atoms with van der Waals surface area (Å²) in [5, 5.41) is 6.47. The van der Waals surface area contributed by atoms with E-state index >= 15 is 0 Å². The van der Waals surface area contributed by atoms with Gasteiger partial charge in [0.2, 0.25) is 0 Å². The summed E-state index contributed by atoms with van der Waals surface area (Å²) in [6.45, 7) is 5.96. The molecular weight excluding hydrogens is 328 g/mol. The molecule has 0 bridgehead atoms. The van der Waals surface area contributed by atoms with Crippen molar-refractivity contribution in [2.24, 2.45) is 4.99 Å². The highest BCUT2D eigenvalue weighted by Crippen LogP contribution is 2.41. The van der Waals surface area contributed by atoms with E-state index < -0.39 is 0 Å². The number of benzene rings is 1. The van der Waals surface area contributed by atoms with Crippen LogP contribution in [0.1, 0.15) is 25.1 Å². The summed E-state index contributed by atoms with van der Waals surface area (Å²) in [7, 11) is 1.74. The van der Waals surface area contributed by atoms with E-state index in [2.05, 4.69) is 40.5 Å². The van der Waals surface area contributed by atoms with Gasteiger partial charge >= 0.3 is 0 Å². The predicted molar refractivity (Wildman–Crippen MR) is 103 cm³/mol. The number of ether oxygens (including phenoxy) is 2. The maximum Gasteiger partial charge on any atom is 0.191 e. The van der Waals surface area contributed by atoms with Crippen LogP contribution in [0.3, 0.4) is 0 Å². The van der Waals surface area contributed by atoms with Gasteiger partial charge in [-0.3, -0.25) is 9.98 Å². The summed E-state index contributed by atoms with van der Waals surface area (Å²) in [5.41, 5.74) is 2.00. The second-order valence-electron chi connectivity index (χ2n) is 6.81. The smallest absolute Gasteiger partial charge is 0.191 e. The van der Waals surface area contributed by atoms with Crippen molar-refractivity contribution in [2.45, 2.75) is 32.4 Å². The van der Waals surface area contributed by atoms with Crippen LogP contribution in [0.4, 0.5) is 0 Å². The molecule has 2 aromatic rings. The molecular formula is C20H26N4O2. The molecule has 0 aliphatic carbocycles. The molecule has 6 heteroatoms. The van der Waals surface area contributed by atoms with Crippen molar-refractivity contribution in [3.8, 4) is 11.5 Å². The zero-order chi connectivity index (χ0) is 18.4. The first-order valence-electron chi connectivity index (χ1n) is 8.85. The summed E-state index contributed by atoms with van der Waals surface area (Å²) < 4.78 is 11.9. The minimum atomic E-state index is -0.169. The van der Waals surface area contributed by atoms with Crippen molar-refractivity contribution >= 4 is 5.96 Å². The van der Waals surface area contributed by atoms with E-state index in [-0.39, 0.29) is 5.60 Å². The van der Waals surface area contributed by atoms with Gasteiger partial charge in [0.1, 0.15) is 12.2 Å². The van der Waals surface area contributed by atoms with E-state index in [1.807, 2.05) is 30.3 Å². The van der Waals surface area contributed by atoms with Crippen molar-refractivity contribution in [1.82, 2.24) is 15.6 Å². The molecule has 3 rings (SSSR count). The Hall–Kier alpha value is -2.76. The Bertz CT molecular complexity index is 760. The van der Waals surface area contributed by atoms with Crippen molar-refractivity contribution < 1.29 is 9.47 Å². The molecule has 0 atom stereocenters. The Balaban J connectivity index is 1.45. The molecule has 1 aliphatic heterocycles. The van der Waals surface area contributed by atoms with Crippen molar-refractivity contribution in [3.63, 3.8) is 0 Å². The predicted octanol–water partition coefficient (Wildman–Crippen LogP) is 2.54. The molecule has 2 N–H and O–H groups in total. The number of hydrogen-bond acceptors (Lipinski definition) is 4. The standard InChI is InChI=1S/C20H26N4O2/c1-20(2)13-15-7-6-9-17(18(15)26-20)25-12-11-23-19(21-3)24-14-16-8-4-5-10-22-16/h4-10H,11-14H2,1-3H3,(H2,21,23,24). The molecule has 0 radical (unpaired) electrons. The van der Waals surface area contributed by atoms with Gasteiger partial charge in [-0.1, -0.05) is 18.2 Å². The first-order chi connectivity index (χ1) is 12.6. The van der Waals surface area contributed by atoms with E-state index in [1.165, 1.54) is 5.56 Å². The summed E-state index contributed by atoms with van der Waals surface area (Å²) in [4.78, 5) is 8.49. The molecule has 138 valence electrons. The number of hydrogen-bond donors (Lipinski definition) is 2. The fraction of sp³-hybridized carbons (Fsp3) is 0.400. The molecule has 0 spiro atoms. The lowest BCUT2D eigenvalue weighted by atomic mass is 10.0. The number of rotatable bonds is 6. The lowest BCUT2D eigenvalue weighted by Crippen LogP contribution is -2.39. The van der Waals surface area contributed by atoms with Crippen LogP contribution in [0.25, 0.3) is 0 Å². The first kappa shape index (κ1) is 18.0. The highest BCUT2D eigenvalue weighted by Gasteiger charge is 2.32. The maximum atomic E-state index is 6.02. The second kappa shape index (κ2) is 8.08. The topological polar surface area (TPSA) is 67.8 Å². The zero-order valence-corrected chi connectivity index (χ0v) is 15.6. The van der Waals surface area contributed by atoms with Crippen molar-refractivity contribution in [2.75, 3.05) is 20.2 Å². The Morgan fingerprint density at radius 3 is 2.88 bits per heavy atom. The van der Waals surface area contributed by atoms with Crippen LogP contribution in [-0.2, 0) is 13.0 Å². The molecule has 0 saturated heterocycles. The molecule has 6 nitrogen and oxygen atoms in total. The fourth-order valence-corrected chi connectivity index (χ4v) is 2.93. The van der Waals surface area contributed by atoms with Crippen LogP contribution in [-0.4, -0.2) is 36.7 Å². The van der Waals surface area contributed by atoms with E-state index in [0.717, 1.165) is 29.6 Å². The van der Waals surface area contributed by atoms with E-state index in [4.69, 9.17) is 9.47 Å². The minimum absolute atomic E-state index is 0.169. The monoisotopic (exact) mass is 354 g/mol. The summed E-state index contributed by atoms with van der Waals surface area (Å²) in [5.74, 6) is 2.39. The Labute approximate surface area is 154 Å². The van der Waals surface area contributed by atoms with Crippen molar-refractivity contribution in [1.29, 1.82) is 0 Å². The van der Waals surface area contributed by atoms with Gasteiger partial charge in [-0.15, -0.1) is 0 Å². The molecule has 0 unspecified atom stereocenters. The quantitative estimate of drug-likeness (QED) is 0.474. The molecule has 1 aromatic heterocycles. The number of para-hydroxylation sites is 1. The average Bonchev–Trinajstić information content (AvgIpc) is 2.96. The third-order valence-electron chi connectivity index (χ3n) is 4.09. The van der Waals surface area contributed by atoms with Gasteiger partial charge in [0.25, 0.3) is 0 Å². The van der Waals surface area contributed by atoms with Gasteiger partial charge in [-0.05, 0) is 32.0 Å². The van der Waals surface area contributed by atoms with Gasteiger partial charge in [0, 0.05) is 25.2 Å². The number of nitrogens with zero attached hydrogens (tertiary/aromatic N) is 2. The highest BCUT2D eigenvalue weighted by atomic mass is 16.5. The number of aliphatic imine (C=N–C) groups is 1. The van der Waals surface area contributed by atoms with Crippen molar-refractivity contribution in [3.05, 3.63) is 53.9 Å². The number of fused-ring (bicyclic) bond motifs is 1. The molecule has 0 amide bonds. The maximum absolute atomic E-state index is 6.02. The van der Waals surface area contributed by atoms with Crippen LogP contribution in [0, 0.1) is 0 Å². The Morgan fingerprint density at radius 2 is 2.12 bits per heavy atom. The Morgan fingerprint density at radius 1 is 1.23 bits per heavy atom. The SMILES string of the molecule is CN=C(NCCOc1cccc2c1OC(C)(C)C2)NCc1ccccn1. The Kier molecular flexibility index (Phi) is 5.61. The number of pyridine rings is 1. The molecule has 26 heavy (non-hydrogen) atoms. The van der Waals surface area contributed by atoms with Crippen LogP contribution < -0.4 is 20.1 Å². The molecule has 2 heterocycles. The van der Waals surface area contributed by atoms with Gasteiger partial charge in [-0.2, -0.15) is 0 Å². The largest absolute Gasteiger partial charge is 0.488 e. The van der Waals surface area contributed by atoms with E-state index in [9.17, 15) is 0 Å². The van der Waals surface area contributed by atoms with Gasteiger partial charge in [0.05, 0.1) is 18.8 Å². The van der Waals surface area contributed by atoms with Crippen LogP contribution in [0.5, 0.6) is 11.5 Å². The van der Waals surface area contributed by atoms with E-state index in [0.29, 0.717) is 19.7 Å². The van der Waals surface area contributed by atoms with Gasteiger partial charge < -0.3 is 20.1 Å². The fourth-order valence-electron chi connectivity index (χ4n) is 2.93. The van der Waals surface area contributed by atoms with Crippen LogP contribution >= 0.6 is 0 Å². The number of nitrogens with one attached hydrogen (secondary N) is 2. The average molecular weight is 354 g/mol. The summed E-state index contributed by atoms with van der Waals surface area (Å²) in [6, 6.07) is 11.9. The van der Waals surface area contributed by atoms with Crippen LogP contribution in [0.15, 0.2) is 47.6 Å². The molecule has 1 aliphatic rings. The normalized spacial score (nSPS) is 15.1. The summed E-state index contributed by atoms with van der Waals surface area (Å²) >= 11 is 0. The highest BCUT2D eigenvalue weighted by molar-refractivity contribution is 5.79. The molecule has 0 fully saturated rings. The number of aromatic nitrogens is 1. The molecule has 1 aromatic carbocycles. The van der Waals surface area contributed by atoms with Crippen LogP contribution in [0.2, 0.25) is 0 Å². The molecule has 0 saturated carbocycles. The number of guanidine groups is 1.